The molecule has 0 bridgehead atoms. The van der Waals surface area contributed by atoms with E-state index in [0.29, 0.717) is 19.6 Å². The second-order valence-corrected chi connectivity index (χ2v) is 5.95. The van der Waals surface area contributed by atoms with Crippen LogP contribution in [0.5, 0.6) is 0 Å². The molecule has 1 aliphatic heterocycles. The predicted octanol–water partition coefficient (Wildman–Crippen LogP) is 3.11. The standard InChI is InChI=1S/C17H15F3N4O/c1-9-8-21-6-7-24(9)17-23-15-14(20)13(19)12(18)11(16(15)25-17)10-4-2-3-5-22-10/h2-5,9,21H,6-8H2,1H3. The molecule has 3 aromatic rings. The first kappa shape index (κ1) is 15.9. The largest absolute Gasteiger partial charge is 0.422 e. The number of anilines is 1. The van der Waals surface area contributed by atoms with E-state index in [4.69, 9.17) is 4.42 Å². The van der Waals surface area contributed by atoms with Crippen LogP contribution in [0, 0.1) is 17.5 Å². The summed E-state index contributed by atoms with van der Waals surface area (Å²) in [6, 6.07) is 4.98. The molecule has 130 valence electrons. The van der Waals surface area contributed by atoms with Gasteiger partial charge in [-0.15, -0.1) is 0 Å². The van der Waals surface area contributed by atoms with Gasteiger partial charge in [-0.3, -0.25) is 4.98 Å². The summed E-state index contributed by atoms with van der Waals surface area (Å²) in [6.45, 7) is 3.97. The van der Waals surface area contributed by atoms with Crippen molar-refractivity contribution in [1.82, 2.24) is 15.3 Å². The van der Waals surface area contributed by atoms with Gasteiger partial charge in [-0.2, -0.15) is 4.98 Å². The van der Waals surface area contributed by atoms with Crippen LogP contribution in [-0.4, -0.2) is 35.6 Å². The van der Waals surface area contributed by atoms with Crippen molar-refractivity contribution in [2.24, 2.45) is 0 Å². The molecule has 1 saturated heterocycles. The zero-order valence-corrected chi connectivity index (χ0v) is 13.4. The van der Waals surface area contributed by atoms with Gasteiger partial charge in [0.05, 0.1) is 11.3 Å². The zero-order chi connectivity index (χ0) is 17.6. The molecular weight excluding hydrogens is 333 g/mol. The Hall–Kier alpha value is -2.61. The third-order valence-corrected chi connectivity index (χ3v) is 4.32. The van der Waals surface area contributed by atoms with Crippen molar-refractivity contribution < 1.29 is 17.6 Å². The Morgan fingerprint density at radius 3 is 2.76 bits per heavy atom. The molecule has 2 aromatic heterocycles. The minimum Gasteiger partial charge on any atom is -0.422 e. The molecule has 8 heteroatoms. The third-order valence-electron chi connectivity index (χ3n) is 4.32. The van der Waals surface area contributed by atoms with Gasteiger partial charge in [0, 0.05) is 31.9 Å². The van der Waals surface area contributed by atoms with E-state index in [2.05, 4.69) is 15.3 Å². The fourth-order valence-corrected chi connectivity index (χ4v) is 3.02. The molecule has 1 atom stereocenters. The first-order chi connectivity index (χ1) is 12.1. The Labute approximate surface area is 141 Å². The van der Waals surface area contributed by atoms with Crippen LogP contribution in [0.15, 0.2) is 28.8 Å². The second-order valence-electron chi connectivity index (χ2n) is 5.95. The Balaban J connectivity index is 1.96. The van der Waals surface area contributed by atoms with Gasteiger partial charge < -0.3 is 14.6 Å². The number of fused-ring (bicyclic) bond motifs is 1. The number of pyridine rings is 1. The van der Waals surface area contributed by atoms with Crippen molar-refractivity contribution >= 4 is 17.1 Å². The Morgan fingerprint density at radius 2 is 2.04 bits per heavy atom. The minimum absolute atomic E-state index is 0.0536. The van der Waals surface area contributed by atoms with E-state index in [1.165, 1.54) is 12.3 Å². The highest BCUT2D eigenvalue weighted by atomic mass is 19.2. The lowest BCUT2D eigenvalue weighted by Crippen LogP contribution is -2.50. The Bertz CT molecular complexity index is 929. The normalized spacial score (nSPS) is 18.1. The van der Waals surface area contributed by atoms with Crippen LogP contribution in [0.4, 0.5) is 19.2 Å². The van der Waals surface area contributed by atoms with E-state index in [9.17, 15) is 13.2 Å². The highest BCUT2D eigenvalue weighted by Crippen LogP contribution is 2.36. The van der Waals surface area contributed by atoms with Crippen LogP contribution in [0.3, 0.4) is 0 Å². The quantitative estimate of drug-likeness (QED) is 0.721. The molecule has 1 fully saturated rings. The number of nitrogens with one attached hydrogen (secondary N) is 1. The molecule has 4 rings (SSSR count). The Morgan fingerprint density at radius 1 is 1.20 bits per heavy atom. The number of benzene rings is 1. The summed E-state index contributed by atoms with van der Waals surface area (Å²) < 4.78 is 48.4. The van der Waals surface area contributed by atoms with Gasteiger partial charge in [0.2, 0.25) is 0 Å². The van der Waals surface area contributed by atoms with Gasteiger partial charge in [0.25, 0.3) is 6.01 Å². The second kappa shape index (κ2) is 6.03. The summed E-state index contributed by atoms with van der Waals surface area (Å²) in [5, 5.41) is 3.22. The summed E-state index contributed by atoms with van der Waals surface area (Å²) in [5.74, 6) is -4.27. The average Bonchev–Trinajstić information content (AvgIpc) is 3.06. The summed E-state index contributed by atoms with van der Waals surface area (Å²) in [5.41, 5.74) is -0.549. The molecule has 1 aromatic carbocycles. The van der Waals surface area contributed by atoms with Crippen molar-refractivity contribution in [2.45, 2.75) is 13.0 Å². The number of piperazine rings is 1. The fraction of sp³-hybridized carbons (Fsp3) is 0.294. The number of oxazole rings is 1. The summed E-state index contributed by atoms with van der Waals surface area (Å²) in [6.07, 6.45) is 1.44. The van der Waals surface area contributed by atoms with Crippen molar-refractivity contribution in [3.63, 3.8) is 0 Å². The molecule has 1 unspecified atom stereocenters. The van der Waals surface area contributed by atoms with Crippen molar-refractivity contribution in [2.75, 3.05) is 24.5 Å². The van der Waals surface area contributed by atoms with Gasteiger partial charge in [-0.1, -0.05) is 6.07 Å². The maximum absolute atomic E-state index is 14.4. The van der Waals surface area contributed by atoms with Gasteiger partial charge in [0.1, 0.15) is 0 Å². The molecular formula is C17H15F3N4O. The molecule has 1 N–H and O–H groups in total. The van der Waals surface area contributed by atoms with Gasteiger partial charge in [-0.25, -0.2) is 13.2 Å². The smallest absolute Gasteiger partial charge is 0.298 e. The van der Waals surface area contributed by atoms with Crippen LogP contribution < -0.4 is 10.2 Å². The van der Waals surface area contributed by atoms with Crippen LogP contribution in [0.2, 0.25) is 0 Å². The molecule has 1 aliphatic rings. The first-order valence-corrected chi connectivity index (χ1v) is 7.93. The van der Waals surface area contributed by atoms with Crippen LogP contribution in [-0.2, 0) is 0 Å². The summed E-state index contributed by atoms with van der Waals surface area (Å²) >= 11 is 0. The van der Waals surface area contributed by atoms with Gasteiger partial charge >= 0.3 is 0 Å². The fourth-order valence-electron chi connectivity index (χ4n) is 3.02. The molecule has 0 spiro atoms. The van der Waals surface area contributed by atoms with E-state index >= 15 is 0 Å². The molecule has 25 heavy (non-hydrogen) atoms. The van der Waals surface area contributed by atoms with Crippen molar-refractivity contribution in [3.8, 4) is 11.3 Å². The molecule has 0 radical (unpaired) electrons. The lowest BCUT2D eigenvalue weighted by Gasteiger charge is -2.32. The molecule has 0 saturated carbocycles. The lowest BCUT2D eigenvalue weighted by molar-refractivity contribution is 0.449. The topological polar surface area (TPSA) is 54.2 Å². The van der Waals surface area contributed by atoms with E-state index in [0.717, 1.165) is 0 Å². The molecule has 5 nitrogen and oxygen atoms in total. The van der Waals surface area contributed by atoms with E-state index < -0.39 is 17.5 Å². The highest BCUT2D eigenvalue weighted by Gasteiger charge is 2.29. The van der Waals surface area contributed by atoms with E-state index in [-0.39, 0.29) is 34.4 Å². The maximum Gasteiger partial charge on any atom is 0.298 e. The van der Waals surface area contributed by atoms with Crippen LogP contribution in [0.25, 0.3) is 22.4 Å². The van der Waals surface area contributed by atoms with Gasteiger partial charge in [-0.05, 0) is 19.1 Å². The Kier molecular flexibility index (Phi) is 3.84. The number of hydrogen-bond donors (Lipinski definition) is 1. The number of aromatic nitrogens is 2. The average molecular weight is 348 g/mol. The number of nitrogens with zero attached hydrogens (tertiary/aromatic N) is 3. The van der Waals surface area contributed by atoms with Crippen LogP contribution in [0.1, 0.15) is 6.92 Å². The monoisotopic (exact) mass is 348 g/mol. The SMILES string of the molecule is CC1CNCCN1c1nc2c(F)c(F)c(F)c(-c3ccccn3)c2o1. The number of rotatable bonds is 2. The minimum atomic E-state index is -1.58. The van der Waals surface area contributed by atoms with Crippen LogP contribution >= 0.6 is 0 Å². The van der Waals surface area contributed by atoms with E-state index in [1.807, 2.05) is 11.8 Å². The van der Waals surface area contributed by atoms with Gasteiger partial charge in [0.15, 0.2) is 28.6 Å². The molecule has 0 amide bonds. The lowest BCUT2D eigenvalue weighted by atomic mass is 10.1. The summed E-state index contributed by atoms with van der Waals surface area (Å²) in [7, 11) is 0. The summed E-state index contributed by atoms with van der Waals surface area (Å²) in [4.78, 5) is 9.96. The molecule has 3 heterocycles. The third kappa shape index (κ3) is 2.53. The number of halogens is 3. The number of hydrogen-bond acceptors (Lipinski definition) is 5. The maximum atomic E-state index is 14.4. The zero-order valence-electron chi connectivity index (χ0n) is 13.4. The predicted molar refractivity (Wildman–Crippen MR) is 86.8 cm³/mol. The van der Waals surface area contributed by atoms with Crippen molar-refractivity contribution in [1.29, 1.82) is 0 Å². The highest BCUT2D eigenvalue weighted by molar-refractivity contribution is 5.91. The van der Waals surface area contributed by atoms with E-state index in [1.54, 1.807) is 12.1 Å². The first-order valence-electron chi connectivity index (χ1n) is 7.93. The van der Waals surface area contributed by atoms with Crippen molar-refractivity contribution in [3.05, 3.63) is 41.8 Å². The molecule has 0 aliphatic carbocycles.